The largest absolute Gasteiger partial charge is 0.493 e. The van der Waals surface area contributed by atoms with Crippen molar-refractivity contribution in [2.75, 3.05) is 27.8 Å². The van der Waals surface area contributed by atoms with E-state index in [0.717, 1.165) is 11.1 Å². The highest BCUT2D eigenvalue weighted by molar-refractivity contribution is 7.89. The predicted molar refractivity (Wildman–Crippen MR) is 101 cm³/mol. The SMILES string of the molecule is CNS(=O)(=O)c1ccc(C(=O)N2CCc3cc(OC)c(OC)cc3C2)cc1. The Morgan fingerprint density at radius 3 is 2.19 bits per heavy atom. The van der Waals surface area contributed by atoms with Crippen LogP contribution in [0.5, 0.6) is 11.5 Å². The highest BCUT2D eigenvalue weighted by Gasteiger charge is 2.24. The van der Waals surface area contributed by atoms with Crippen LogP contribution in [0.15, 0.2) is 41.3 Å². The van der Waals surface area contributed by atoms with Gasteiger partial charge in [0.15, 0.2) is 11.5 Å². The lowest BCUT2D eigenvalue weighted by atomic mass is 9.98. The molecule has 0 atom stereocenters. The number of amides is 1. The van der Waals surface area contributed by atoms with Crippen LogP contribution in [0.4, 0.5) is 0 Å². The lowest BCUT2D eigenvalue weighted by Crippen LogP contribution is -2.36. The number of hydrogen-bond donors (Lipinski definition) is 1. The first-order chi connectivity index (χ1) is 12.9. The van der Waals surface area contributed by atoms with Crippen molar-refractivity contribution in [3.63, 3.8) is 0 Å². The normalized spacial score (nSPS) is 13.8. The van der Waals surface area contributed by atoms with Gasteiger partial charge in [0.25, 0.3) is 5.91 Å². The average molecular weight is 390 g/mol. The molecule has 0 aromatic heterocycles. The summed E-state index contributed by atoms with van der Waals surface area (Å²) in [5, 5.41) is 0. The Balaban J connectivity index is 1.81. The molecule has 0 fully saturated rings. The van der Waals surface area contributed by atoms with Crippen molar-refractivity contribution >= 4 is 15.9 Å². The fourth-order valence-electron chi connectivity index (χ4n) is 3.13. The van der Waals surface area contributed by atoms with Crippen molar-refractivity contribution in [1.82, 2.24) is 9.62 Å². The lowest BCUT2D eigenvalue weighted by molar-refractivity contribution is 0.0734. The molecular formula is C19H22N2O5S. The first-order valence-electron chi connectivity index (χ1n) is 8.46. The molecule has 27 heavy (non-hydrogen) atoms. The fraction of sp³-hybridized carbons (Fsp3) is 0.316. The number of fused-ring (bicyclic) bond motifs is 1. The van der Waals surface area contributed by atoms with E-state index in [1.165, 1.54) is 31.3 Å². The lowest BCUT2D eigenvalue weighted by Gasteiger charge is -2.29. The van der Waals surface area contributed by atoms with E-state index in [0.29, 0.717) is 36.6 Å². The Hall–Kier alpha value is -2.58. The number of nitrogens with one attached hydrogen (secondary N) is 1. The molecule has 8 heteroatoms. The number of hydrogen-bond acceptors (Lipinski definition) is 5. The van der Waals surface area contributed by atoms with Gasteiger partial charge in [0.1, 0.15) is 0 Å². The van der Waals surface area contributed by atoms with Gasteiger partial charge in [-0.2, -0.15) is 0 Å². The van der Waals surface area contributed by atoms with E-state index in [4.69, 9.17) is 9.47 Å². The summed E-state index contributed by atoms with van der Waals surface area (Å²) in [4.78, 5) is 14.7. The number of ether oxygens (including phenoxy) is 2. The zero-order chi connectivity index (χ0) is 19.6. The molecule has 1 aliphatic rings. The zero-order valence-corrected chi connectivity index (χ0v) is 16.3. The Labute approximate surface area is 158 Å². The minimum atomic E-state index is -3.52. The molecule has 0 radical (unpaired) electrons. The van der Waals surface area contributed by atoms with Gasteiger partial charge in [0.05, 0.1) is 19.1 Å². The highest BCUT2D eigenvalue weighted by atomic mass is 32.2. The summed E-state index contributed by atoms with van der Waals surface area (Å²) in [6.07, 6.45) is 0.716. The molecule has 144 valence electrons. The van der Waals surface area contributed by atoms with Crippen LogP contribution < -0.4 is 14.2 Å². The van der Waals surface area contributed by atoms with Gasteiger partial charge < -0.3 is 14.4 Å². The van der Waals surface area contributed by atoms with E-state index in [2.05, 4.69) is 4.72 Å². The van der Waals surface area contributed by atoms with Crippen molar-refractivity contribution in [3.05, 3.63) is 53.1 Å². The van der Waals surface area contributed by atoms with E-state index < -0.39 is 10.0 Å². The first-order valence-corrected chi connectivity index (χ1v) is 9.94. The minimum absolute atomic E-state index is 0.127. The molecule has 1 aliphatic heterocycles. The van der Waals surface area contributed by atoms with E-state index in [-0.39, 0.29) is 10.8 Å². The third-order valence-corrected chi connectivity index (χ3v) is 6.12. The molecule has 0 aliphatic carbocycles. The molecular weight excluding hydrogens is 368 g/mol. The molecule has 0 saturated carbocycles. The second kappa shape index (κ2) is 7.58. The maximum absolute atomic E-state index is 12.8. The summed E-state index contributed by atoms with van der Waals surface area (Å²) < 4.78 is 36.5. The number of nitrogens with zero attached hydrogens (tertiary/aromatic N) is 1. The topological polar surface area (TPSA) is 84.9 Å². The van der Waals surface area contributed by atoms with E-state index >= 15 is 0 Å². The van der Waals surface area contributed by atoms with Gasteiger partial charge in [-0.1, -0.05) is 0 Å². The van der Waals surface area contributed by atoms with Crippen molar-refractivity contribution < 1.29 is 22.7 Å². The van der Waals surface area contributed by atoms with Gasteiger partial charge in [-0.15, -0.1) is 0 Å². The van der Waals surface area contributed by atoms with Crippen molar-refractivity contribution in [2.45, 2.75) is 17.9 Å². The Morgan fingerprint density at radius 1 is 1.04 bits per heavy atom. The number of sulfonamides is 1. The Morgan fingerprint density at radius 2 is 1.63 bits per heavy atom. The Bertz CT molecular complexity index is 955. The van der Waals surface area contributed by atoms with Crippen LogP contribution >= 0.6 is 0 Å². The maximum atomic E-state index is 12.8. The number of methoxy groups -OCH3 is 2. The van der Waals surface area contributed by atoms with Gasteiger partial charge in [-0.3, -0.25) is 4.79 Å². The van der Waals surface area contributed by atoms with E-state index in [1.807, 2.05) is 12.1 Å². The van der Waals surface area contributed by atoms with Crippen molar-refractivity contribution in [2.24, 2.45) is 0 Å². The van der Waals surface area contributed by atoms with E-state index in [1.54, 1.807) is 19.1 Å². The molecule has 2 aromatic carbocycles. The van der Waals surface area contributed by atoms with Crippen molar-refractivity contribution in [3.8, 4) is 11.5 Å². The maximum Gasteiger partial charge on any atom is 0.254 e. The smallest absolute Gasteiger partial charge is 0.254 e. The zero-order valence-electron chi connectivity index (χ0n) is 15.5. The quantitative estimate of drug-likeness (QED) is 0.842. The van der Waals surface area contributed by atoms with Crippen molar-refractivity contribution in [1.29, 1.82) is 0 Å². The molecule has 1 heterocycles. The molecule has 0 bridgehead atoms. The van der Waals surface area contributed by atoms with Crippen LogP contribution in [0.1, 0.15) is 21.5 Å². The van der Waals surface area contributed by atoms with Crippen LogP contribution in [0.2, 0.25) is 0 Å². The molecule has 1 amide bonds. The van der Waals surface area contributed by atoms with Crippen LogP contribution in [0.25, 0.3) is 0 Å². The van der Waals surface area contributed by atoms with Crippen LogP contribution in [-0.4, -0.2) is 47.0 Å². The van der Waals surface area contributed by atoms with Gasteiger partial charge in [-0.05, 0) is 61.0 Å². The predicted octanol–water partition coefficient (Wildman–Crippen LogP) is 1.81. The van der Waals surface area contributed by atoms with Crippen LogP contribution in [-0.2, 0) is 23.0 Å². The minimum Gasteiger partial charge on any atom is -0.493 e. The molecule has 0 saturated heterocycles. The van der Waals surface area contributed by atoms with Gasteiger partial charge >= 0.3 is 0 Å². The second-order valence-corrected chi connectivity index (χ2v) is 8.07. The van der Waals surface area contributed by atoms with Gasteiger partial charge in [0.2, 0.25) is 10.0 Å². The molecule has 1 N–H and O–H groups in total. The third-order valence-electron chi connectivity index (χ3n) is 4.69. The molecule has 0 spiro atoms. The summed E-state index contributed by atoms with van der Waals surface area (Å²) in [6, 6.07) is 9.80. The number of rotatable bonds is 5. The number of carbonyl (C=O) groups is 1. The van der Waals surface area contributed by atoms with Crippen LogP contribution in [0, 0.1) is 0 Å². The standard InChI is InChI=1S/C19H22N2O5S/c1-20-27(23,24)16-6-4-13(5-7-16)19(22)21-9-8-14-10-17(25-2)18(26-3)11-15(14)12-21/h4-7,10-11,20H,8-9,12H2,1-3H3. The fourth-order valence-corrected chi connectivity index (χ4v) is 3.86. The molecule has 7 nitrogen and oxygen atoms in total. The molecule has 0 unspecified atom stereocenters. The van der Waals surface area contributed by atoms with Crippen LogP contribution in [0.3, 0.4) is 0 Å². The van der Waals surface area contributed by atoms with E-state index in [9.17, 15) is 13.2 Å². The first kappa shape index (κ1) is 19.2. The molecule has 3 rings (SSSR count). The highest BCUT2D eigenvalue weighted by Crippen LogP contribution is 2.33. The Kier molecular flexibility index (Phi) is 5.38. The summed E-state index contributed by atoms with van der Waals surface area (Å²) in [7, 11) is 1.01. The summed E-state index contributed by atoms with van der Waals surface area (Å²) in [5.74, 6) is 1.17. The van der Waals surface area contributed by atoms with Gasteiger partial charge in [0, 0.05) is 18.7 Å². The molecule has 2 aromatic rings. The monoisotopic (exact) mass is 390 g/mol. The summed E-state index contributed by atoms with van der Waals surface area (Å²) >= 11 is 0. The number of carbonyl (C=O) groups excluding carboxylic acids is 1. The van der Waals surface area contributed by atoms with Gasteiger partial charge in [-0.25, -0.2) is 13.1 Å². The number of benzene rings is 2. The summed E-state index contributed by atoms with van der Waals surface area (Å²) in [6.45, 7) is 1.04. The average Bonchev–Trinajstić information content (AvgIpc) is 2.71. The summed E-state index contributed by atoms with van der Waals surface area (Å²) in [5.41, 5.74) is 2.60. The second-order valence-electron chi connectivity index (χ2n) is 6.18. The third kappa shape index (κ3) is 3.77.